The third-order valence-electron chi connectivity index (χ3n) is 3.50. The van der Waals surface area contributed by atoms with Crippen LogP contribution in [-0.4, -0.2) is 21.2 Å². The summed E-state index contributed by atoms with van der Waals surface area (Å²) in [6.45, 7) is 0.192. The number of hydrogen-bond donors (Lipinski definition) is 1. The molecule has 1 N–H and O–H groups in total. The van der Waals surface area contributed by atoms with Crippen molar-refractivity contribution in [2.24, 2.45) is 0 Å². The van der Waals surface area contributed by atoms with Crippen LogP contribution in [0.1, 0.15) is 11.1 Å². The van der Waals surface area contributed by atoms with Gasteiger partial charge in [0, 0.05) is 14.5 Å². The molecular weight excluding hydrogens is 538 g/mol. The van der Waals surface area contributed by atoms with Gasteiger partial charge < -0.3 is 5.11 Å². The van der Waals surface area contributed by atoms with Crippen LogP contribution in [0.3, 0.4) is 0 Å². The molecule has 0 unspecified atom stereocenters. The van der Waals surface area contributed by atoms with Gasteiger partial charge in [-0.25, -0.2) is 0 Å². The van der Waals surface area contributed by atoms with Crippen LogP contribution in [0.2, 0.25) is 0 Å². The van der Waals surface area contributed by atoms with E-state index in [2.05, 4.69) is 47.8 Å². The lowest BCUT2D eigenvalue weighted by atomic mass is 10.2. The minimum absolute atomic E-state index is 0.0146. The molecule has 1 aliphatic rings. The molecule has 2 aromatic rings. The molecule has 0 aromatic heterocycles. The van der Waals surface area contributed by atoms with Gasteiger partial charge in [0.15, 0.2) is 0 Å². The SMILES string of the molecule is O=C1S/C(=C\c2cc(Br)cc(Br)c2O)C(=O)N1Cc1ccccc1Br. The van der Waals surface area contributed by atoms with E-state index in [-0.39, 0.29) is 28.3 Å². The Hall–Kier alpha value is -1.09. The van der Waals surface area contributed by atoms with Crippen LogP contribution in [0.5, 0.6) is 5.75 Å². The molecule has 2 amide bonds. The van der Waals surface area contributed by atoms with Gasteiger partial charge in [-0.05, 0) is 57.5 Å². The fourth-order valence-corrected chi connectivity index (χ4v) is 4.77. The number of nitrogens with zero attached hydrogens (tertiary/aromatic N) is 1. The summed E-state index contributed by atoms with van der Waals surface area (Å²) in [4.78, 5) is 26.3. The Labute approximate surface area is 173 Å². The fourth-order valence-electron chi connectivity index (χ4n) is 2.27. The van der Waals surface area contributed by atoms with Crippen LogP contribution in [0.25, 0.3) is 6.08 Å². The second-order valence-corrected chi connectivity index (χ2v) is 8.80. The minimum atomic E-state index is -0.374. The summed E-state index contributed by atoms with van der Waals surface area (Å²) in [5.41, 5.74) is 1.30. The summed E-state index contributed by atoms with van der Waals surface area (Å²) in [6, 6.07) is 10.8. The van der Waals surface area contributed by atoms with E-state index in [0.29, 0.717) is 10.0 Å². The average Bonchev–Trinajstić information content (AvgIpc) is 2.81. The van der Waals surface area contributed by atoms with E-state index in [1.54, 1.807) is 12.1 Å². The highest BCUT2D eigenvalue weighted by atomic mass is 79.9. The number of phenolic OH excluding ortho intramolecular Hbond substituents is 1. The van der Waals surface area contributed by atoms with Gasteiger partial charge in [-0.3, -0.25) is 14.5 Å². The van der Waals surface area contributed by atoms with Crippen molar-refractivity contribution in [2.45, 2.75) is 6.54 Å². The van der Waals surface area contributed by atoms with E-state index >= 15 is 0 Å². The topological polar surface area (TPSA) is 57.6 Å². The first-order chi connectivity index (χ1) is 11.9. The third kappa shape index (κ3) is 4.02. The minimum Gasteiger partial charge on any atom is -0.506 e. The monoisotopic (exact) mass is 545 g/mol. The third-order valence-corrected chi connectivity index (χ3v) is 6.25. The van der Waals surface area contributed by atoms with Gasteiger partial charge in [-0.2, -0.15) is 0 Å². The first-order valence-electron chi connectivity index (χ1n) is 7.03. The molecule has 0 saturated carbocycles. The summed E-state index contributed by atoms with van der Waals surface area (Å²) in [5.74, 6) is -0.359. The van der Waals surface area contributed by atoms with Crippen molar-refractivity contribution in [1.82, 2.24) is 4.90 Å². The first kappa shape index (κ1) is 18.7. The molecule has 2 aromatic carbocycles. The number of phenols is 1. The van der Waals surface area contributed by atoms with E-state index in [0.717, 1.165) is 26.3 Å². The van der Waals surface area contributed by atoms with Crippen molar-refractivity contribution in [1.29, 1.82) is 0 Å². The molecule has 0 atom stereocenters. The van der Waals surface area contributed by atoms with E-state index < -0.39 is 0 Å². The molecule has 1 fully saturated rings. The van der Waals surface area contributed by atoms with Crippen LogP contribution in [0.4, 0.5) is 4.79 Å². The van der Waals surface area contributed by atoms with Gasteiger partial charge in [-0.15, -0.1) is 0 Å². The number of carbonyl (C=O) groups excluding carboxylic acids is 2. The van der Waals surface area contributed by atoms with Gasteiger partial charge in [0.1, 0.15) is 5.75 Å². The lowest BCUT2D eigenvalue weighted by molar-refractivity contribution is -0.123. The standard InChI is InChI=1S/C17H10Br3NO3S/c18-11-5-10(15(22)13(20)7-11)6-14-16(23)21(17(24)25-14)8-9-3-1-2-4-12(9)19/h1-7,22H,8H2/b14-6-. The number of imide groups is 1. The molecule has 0 radical (unpaired) electrons. The Bertz CT molecular complexity index is 914. The Morgan fingerprint density at radius 1 is 1.08 bits per heavy atom. The molecule has 0 bridgehead atoms. The molecule has 4 nitrogen and oxygen atoms in total. The quantitative estimate of drug-likeness (QED) is 0.485. The maximum atomic E-state index is 12.6. The largest absolute Gasteiger partial charge is 0.506 e. The number of thioether (sulfide) groups is 1. The van der Waals surface area contributed by atoms with Gasteiger partial charge in [0.05, 0.1) is 15.9 Å². The van der Waals surface area contributed by atoms with Gasteiger partial charge >= 0.3 is 0 Å². The van der Waals surface area contributed by atoms with Crippen LogP contribution in [0.15, 0.2) is 54.7 Å². The molecule has 8 heteroatoms. The van der Waals surface area contributed by atoms with E-state index in [1.165, 1.54) is 11.0 Å². The molecule has 0 spiro atoms. The van der Waals surface area contributed by atoms with Crippen LogP contribution < -0.4 is 0 Å². The first-order valence-corrected chi connectivity index (χ1v) is 10.2. The zero-order chi connectivity index (χ0) is 18.1. The summed E-state index contributed by atoms with van der Waals surface area (Å²) in [6.07, 6.45) is 1.52. The summed E-state index contributed by atoms with van der Waals surface area (Å²) >= 11 is 10.9. The van der Waals surface area contributed by atoms with Crippen LogP contribution in [-0.2, 0) is 11.3 Å². The predicted octanol–water partition coefficient (Wildman–Crippen LogP) is 5.92. The van der Waals surface area contributed by atoms with Crippen molar-refractivity contribution in [3.63, 3.8) is 0 Å². The smallest absolute Gasteiger partial charge is 0.293 e. The second kappa shape index (κ2) is 7.65. The van der Waals surface area contributed by atoms with E-state index in [4.69, 9.17) is 0 Å². The maximum absolute atomic E-state index is 12.6. The molecule has 1 heterocycles. The maximum Gasteiger partial charge on any atom is 0.293 e. The number of benzene rings is 2. The van der Waals surface area contributed by atoms with Crippen molar-refractivity contribution in [3.05, 3.63) is 65.8 Å². The number of rotatable bonds is 3. The van der Waals surface area contributed by atoms with Gasteiger partial charge in [0.2, 0.25) is 0 Å². The Kier molecular flexibility index (Phi) is 5.72. The highest BCUT2D eigenvalue weighted by Crippen LogP contribution is 2.38. The molecular formula is C17H10Br3NO3S. The van der Waals surface area contributed by atoms with Crippen LogP contribution >= 0.6 is 59.6 Å². The summed E-state index contributed by atoms with van der Waals surface area (Å²) in [7, 11) is 0. The van der Waals surface area contributed by atoms with E-state index in [9.17, 15) is 14.7 Å². The molecule has 1 saturated heterocycles. The summed E-state index contributed by atoms with van der Waals surface area (Å²) in [5, 5.41) is 9.80. The lowest BCUT2D eigenvalue weighted by Gasteiger charge is -2.13. The van der Waals surface area contributed by atoms with Gasteiger partial charge in [0.25, 0.3) is 11.1 Å². The normalized spacial score (nSPS) is 16.1. The van der Waals surface area contributed by atoms with Crippen molar-refractivity contribution >= 4 is 76.8 Å². The molecule has 3 rings (SSSR count). The highest BCUT2D eigenvalue weighted by Gasteiger charge is 2.35. The number of halogens is 3. The molecule has 128 valence electrons. The zero-order valence-corrected chi connectivity index (χ0v) is 18.1. The Morgan fingerprint density at radius 3 is 2.52 bits per heavy atom. The number of amides is 2. The van der Waals surface area contributed by atoms with Crippen molar-refractivity contribution < 1.29 is 14.7 Å². The Morgan fingerprint density at radius 2 is 1.80 bits per heavy atom. The van der Waals surface area contributed by atoms with Crippen molar-refractivity contribution in [3.8, 4) is 5.75 Å². The average molecular weight is 548 g/mol. The molecule has 0 aliphatic carbocycles. The summed E-state index contributed by atoms with van der Waals surface area (Å²) < 4.78 is 2.09. The van der Waals surface area contributed by atoms with E-state index in [1.807, 2.05) is 24.3 Å². The van der Waals surface area contributed by atoms with Crippen LogP contribution in [0, 0.1) is 0 Å². The second-order valence-electron chi connectivity index (χ2n) is 5.18. The van der Waals surface area contributed by atoms with Gasteiger partial charge in [-0.1, -0.05) is 50.1 Å². The highest BCUT2D eigenvalue weighted by molar-refractivity contribution is 9.11. The molecule has 1 aliphatic heterocycles. The lowest BCUT2D eigenvalue weighted by Crippen LogP contribution is -2.27. The van der Waals surface area contributed by atoms with Crippen molar-refractivity contribution in [2.75, 3.05) is 0 Å². The zero-order valence-electron chi connectivity index (χ0n) is 12.5. The number of aromatic hydroxyl groups is 1. The number of carbonyl (C=O) groups is 2. The fraction of sp³-hybridized carbons (Fsp3) is 0.0588. The molecule has 25 heavy (non-hydrogen) atoms. The number of hydrogen-bond acceptors (Lipinski definition) is 4. The Balaban J connectivity index is 1.90. The predicted molar refractivity (Wildman–Crippen MR) is 109 cm³/mol.